The normalized spacial score (nSPS) is 4.83. The van der Waals surface area contributed by atoms with Gasteiger partial charge in [-0.15, -0.1) is 12.3 Å². The van der Waals surface area contributed by atoms with Gasteiger partial charge in [0.25, 0.3) is 0 Å². The maximum atomic E-state index is 3.42. The summed E-state index contributed by atoms with van der Waals surface area (Å²) in [5.74, 6) is 0. The Morgan fingerprint density at radius 2 is 1.50 bits per heavy atom. The molecule has 0 aromatic rings. The summed E-state index contributed by atoms with van der Waals surface area (Å²) in [6, 6.07) is 0. The fraction of sp³-hybridized carbons (Fsp3) is 0. The summed E-state index contributed by atoms with van der Waals surface area (Å²) >= 11 is 2.91. The highest BCUT2D eigenvalue weighted by Gasteiger charge is 1.18. The van der Waals surface area contributed by atoms with E-state index in [4.69, 9.17) is 0 Å². The number of halogens is 1. The summed E-state index contributed by atoms with van der Waals surface area (Å²) in [7, 11) is 1.13. The molecule has 0 aromatic heterocycles. The molecule has 0 unspecified atom stereocenters. The van der Waals surface area contributed by atoms with E-state index in [0.717, 1.165) is 10.2 Å². The minimum absolute atomic E-state index is 1.13. The molecule has 0 radical (unpaired) electrons. The van der Waals surface area contributed by atoms with Crippen molar-refractivity contribution in [1.82, 2.24) is 0 Å². The second-order valence-electron chi connectivity index (χ2n) is 0.563. The highest BCUT2D eigenvalue weighted by molar-refractivity contribution is 9.11. The highest BCUT2D eigenvalue weighted by Crippen LogP contribution is 1.68. The van der Waals surface area contributed by atoms with Crippen molar-refractivity contribution in [3.63, 3.8) is 0 Å². The van der Waals surface area contributed by atoms with Crippen molar-refractivity contribution in [1.29, 1.82) is 0 Å². The first-order chi connectivity index (χ1) is 2.83. The fourth-order valence-electron chi connectivity index (χ4n) is 0. The number of hydrogen-bond acceptors (Lipinski definition) is 0. The Kier molecular flexibility index (Phi) is 30.1. The van der Waals surface area contributed by atoms with E-state index in [2.05, 4.69) is 29.1 Å². The van der Waals surface area contributed by atoms with Crippen LogP contribution in [0, 0.1) is 0 Å². The standard InChI is InChI=1S/C2H3Br.C2H6Si/c2*1-2-3/h2H,1H2;2H,1H2,3H3. The van der Waals surface area contributed by atoms with Crippen LogP contribution in [0.25, 0.3) is 0 Å². The predicted octanol–water partition coefficient (Wildman–Crippen LogP) is 1.02. The summed E-state index contributed by atoms with van der Waals surface area (Å²) in [5.41, 5.74) is 1.89. The molecular formula is C4H9BrSi. The Morgan fingerprint density at radius 1 is 1.50 bits per heavy atom. The van der Waals surface area contributed by atoms with E-state index in [1.54, 1.807) is 4.99 Å². The lowest BCUT2D eigenvalue weighted by molar-refractivity contribution is 2.63. The Balaban J connectivity index is 0. The minimum Gasteiger partial charge on any atom is -0.112 e. The van der Waals surface area contributed by atoms with Gasteiger partial charge in [0.05, 0.1) is 0 Å². The third kappa shape index (κ3) is 1350. The lowest BCUT2D eigenvalue weighted by atomic mass is 11.3. The van der Waals surface area contributed by atoms with Crippen LogP contribution in [0.2, 0.25) is 0 Å². The van der Waals surface area contributed by atoms with Gasteiger partial charge in [0.15, 0.2) is 0 Å². The molecule has 0 fully saturated rings. The molecule has 0 N–H and O–H groups in total. The van der Waals surface area contributed by atoms with Crippen molar-refractivity contribution in [3.8, 4) is 0 Å². The van der Waals surface area contributed by atoms with Crippen LogP contribution in [-0.4, -0.2) is 10.2 Å². The van der Waals surface area contributed by atoms with Gasteiger partial charge in [-0.1, -0.05) is 22.5 Å². The lowest BCUT2D eigenvalue weighted by Crippen LogP contribution is -1.29. The zero-order valence-electron chi connectivity index (χ0n) is 3.95. The monoisotopic (exact) mass is 164 g/mol. The van der Waals surface area contributed by atoms with E-state index in [9.17, 15) is 0 Å². The Hall–Kier alpha value is 0.177. The van der Waals surface area contributed by atoms with Gasteiger partial charge >= 0.3 is 0 Å². The molecule has 0 spiro atoms. The average Bonchev–Trinajstić information content (AvgIpc) is 1.39. The molecule has 2 heteroatoms. The van der Waals surface area contributed by atoms with Crippen LogP contribution < -0.4 is 0 Å². The van der Waals surface area contributed by atoms with E-state index in [1.807, 2.05) is 5.70 Å². The van der Waals surface area contributed by atoms with Crippen LogP contribution >= 0.6 is 15.9 Å². The first-order valence-electron chi connectivity index (χ1n) is 1.61. The van der Waals surface area contributed by atoms with E-state index in [-0.39, 0.29) is 0 Å². The van der Waals surface area contributed by atoms with Gasteiger partial charge < -0.3 is 0 Å². The van der Waals surface area contributed by atoms with Gasteiger partial charge in [-0.05, 0) is 4.99 Å². The molecule has 0 bridgehead atoms. The minimum atomic E-state index is 1.13. The van der Waals surface area contributed by atoms with Crippen molar-refractivity contribution in [2.45, 2.75) is 0 Å². The Labute approximate surface area is 50.5 Å². The Morgan fingerprint density at radius 3 is 1.50 bits per heavy atom. The quantitative estimate of drug-likeness (QED) is 0.470. The number of hydrogen-bond donors (Lipinski definition) is 0. The van der Waals surface area contributed by atoms with Gasteiger partial charge in [0, 0.05) is 10.2 Å². The van der Waals surface area contributed by atoms with E-state index in [0.29, 0.717) is 0 Å². The predicted molar refractivity (Wildman–Crippen MR) is 39.3 cm³/mol. The summed E-state index contributed by atoms with van der Waals surface area (Å²) in [4.78, 5) is 1.56. The molecule has 36 valence electrons. The molecule has 0 aliphatic heterocycles. The van der Waals surface area contributed by atoms with Gasteiger partial charge in [0.2, 0.25) is 0 Å². The zero-order chi connectivity index (χ0) is 5.41. The summed E-state index contributed by atoms with van der Waals surface area (Å²) in [6.45, 7) is 6.70. The zero-order valence-corrected chi connectivity index (χ0v) is 7.53. The van der Waals surface area contributed by atoms with E-state index >= 15 is 0 Å². The molecule has 0 saturated heterocycles. The van der Waals surface area contributed by atoms with Crippen LogP contribution in [0.3, 0.4) is 0 Å². The third-order valence-corrected chi connectivity index (χ3v) is 0. The molecule has 0 amide bonds. The van der Waals surface area contributed by atoms with E-state index < -0.39 is 0 Å². The van der Waals surface area contributed by atoms with Gasteiger partial charge in [-0.25, -0.2) is 0 Å². The van der Waals surface area contributed by atoms with Gasteiger partial charge in [-0.3, -0.25) is 0 Å². The van der Waals surface area contributed by atoms with Crippen molar-refractivity contribution in [2.24, 2.45) is 0 Å². The van der Waals surface area contributed by atoms with Crippen LogP contribution in [0.15, 0.2) is 23.8 Å². The second kappa shape index (κ2) is 19.1. The largest absolute Gasteiger partial charge is 0.112 e. The van der Waals surface area contributed by atoms with Crippen molar-refractivity contribution in [3.05, 3.63) is 23.8 Å². The first-order valence-corrected chi connectivity index (χ1v) is 3.68. The van der Waals surface area contributed by atoms with Crippen LogP contribution in [-0.2, 0) is 0 Å². The topological polar surface area (TPSA) is 0 Å². The summed E-state index contributed by atoms with van der Waals surface area (Å²) in [6.07, 6.45) is 0. The fourth-order valence-corrected chi connectivity index (χ4v) is 0. The molecular weight excluding hydrogens is 156 g/mol. The molecule has 0 aliphatic rings. The lowest BCUT2D eigenvalue weighted by Gasteiger charge is -1.29. The SMILES string of the molecule is C=CBr.C=C[SiH3]. The number of rotatable bonds is 0. The van der Waals surface area contributed by atoms with Crippen LogP contribution in [0.1, 0.15) is 0 Å². The maximum Gasteiger partial charge on any atom is 0.0283 e. The second-order valence-corrected chi connectivity index (χ2v) is 2.03. The molecule has 6 heavy (non-hydrogen) atoms. The Bertz CT molecular complexity index is 28.5. The van der Waals surface area contributed by atoms with Crippen LogP contribution in [0.5, 0.6) is 0 Å². The molecule has 0 atom stereocenters. The molecule has 0 saturated carbocycles. The third-order valence-electron chi connectivity index (χ3n) is 0. The highest BCUT2D eigenvalue weighted by atomic mass is 79.9. The van der Waals surface area contributed by atoms with Crippen LogP contribution in [0.4, 0.5) is 0 Å². The smallest absolute Gasteiger partial charge is 0.0283 e. The van der Waals surface area contributed by atoms with Crippen molar-refractivity contribution >= 4 is 26.2 Å². The average molecular weight is 165 g/mol. The summed E-state index contributed by atoms with van der Waals surface area (Å²) in [5, 5.41) is 0. The van der Waals surface area contributed by atoms with E-state index in [1.165, 1.54) is 0 Å². The first kappa shape index (κ1) is 9.49. The molecule has 0 heterocycles. The molecule has 0 nitrogen and oxygen atoms in total. The maximum absolute atomic E-state index is 3.42. The molecule has 0 aromatic carbocycles. The van der Waals surface area contributed by atoms with Gasteiger partial charge in [-0.2, -0.15) is 0 Å². The summed E-state index contributed by atoms with van der Waals surface area (Å²) < 4.78 is 0. The van der Waals surface area contributed by atoms with Crippen molar-refractivity contribution < 1.29 is 0 Å². The van der Waals surface area contributed by atoms with Gasteiger partial charge in [0.1, 0.15) is 0 Å². The molecule has 0 rings (SSSR count). The van der Waals surface area contributed by atoms with Crippen molar-refractivity contribution in [2.75, 3.05) is 0 Å². The molecule has 0 aliphatic carbocycles.